The van der Waals surface area contributed by atoms with Crippen LogP contribution in [0.3, 0.4) is 0 Å². The van der Waals surface area contributed by atoms with Gasteiger partial charge in [-0.15, -0.1) is 0 Å². The van der Waals surface area contributed by atoms with Crippen LogP contribution in [0.4, 0.5) is 10.5 Å². The number of amides is 1. The molecule has 0 spiro atoms. The highest BCUT2D eigenvalue weighted by Gasteiger charge is 2.13. The van der Waals surface area contributed by atoms with Crippen LogP contribution in [0.15, 0.2) is 50.8 Å². The highest BCUT2D eigenvalue weighted by Crippen LogP contribution is 2.34. The summed E-state index contributed by atoms with van der Waals surface area (Å²) in [7, 11) is 2.58. The van der Waals surface area contributed by atoms with E-state index in [1.807, 2.05) is 12.1 Å². The average Bonchev–Trinajstić information content (AvgIpc) is 2.97. The number of hydrogen-bond donors (Lipinski definition) is 1. The van der Waals surface area contributed by atoms with Crippen LogP contribution in [0.2, 0.25) is 0 Å². The van der Waals surface area contributed by atoms with Crippen molar-refractivity contribution < 1.29 is 23.5 Å². The molecule has 1 aromatic carbocycles. The van der Waals surface area contributed by atoms with E-state index in [-0.39, 0.29) is 5.76 Å². The van der Waals surface area contributed by atoms with Crippen LogP contribution in [0, 0.1) is 0 Å². The standard InChI is InChI=1S/C14H13NO5S/c1-18-13(16)10-7-8-12(20-10)21-11-6-4-3-5-9(11)15-14(17)19-2/h3-8H,1-2H3,(H,15,17). The van der Waals surface area contributed by atoms with Gasteiger partial charge in [0.2, 0.25) is 5.76 Å². The second-order valence-corrected chi connectivity index (χ2v) is 4.87. The Hall–Kier alpha value is -2.41. The third-order valence-electron chi connectivity index (χ3n) is 2.49. The number of methoxy groups -OCH3 is 2. The summed E-state index contributed by atoms with van der Waals surface area (Å²) in [4.78, 5) is 23.4. The third-order valence-corrected chi connectivity index (χ3v) is 3.48. The van der Waals surface area contributed by atoms with Crippen LogP contribution < -0.4 is 5.32 Å². The highest BCUT2D eigenvalue weighted by atomic mass is 32.2. The van der Waals surface area contributed by atoms with Gasteiger partial charge >= 0.3 is 12.1 Å². The van der Waals surface area contributed by atoms with Gasteiger partial charge < -0.3 is 13.9 Å². The largest absolute Gasteiger partial charge is 0.463 e. The van der Waals surface area contributed by atoms with Crippen LogP contribution in [-0.4, -0.2) is 26.3 Å². The van der Waals surface area contributed by atoms with E-state index in [9.17, 15) is 9.59 Å². The molecule has 0 bridgehead atoms. The molecule has 2 rings (SSSR count). The van der Waals surface area contributed by atoms with Gasteiger partial charge in [0.15, 0.2) is 5.09 Å². The van der Waals surface area contributed by atoms with E-state index < -0.39 is 12.1 Å². The number of hydrogen-bond acceptors (Lipinski definition) is 6. The van der Waals surface area contributed by atoms with E-state index in [0.29, 0.717) is 10.8 Å². The van der Waals surface area contributed by atoms with Crippen LogP contribution in [0.25, 0.3) is 0 Å². The molecule has 110 valence electrons. The quantitative estimate of drug-likeness (QED) is 0.872. The second-order valence-electron chi connectivity index (χ2n) is 3.83. The van der Waals surface area contributed by atoms with E-state index in [0.717, 1.165) is 4.90 Å². The molecule has 21 heavy (non-hydrogen) atoms. The lowest BCUT2D eigenvalue weighted by Gasteiger charge is -2.08. The molecule has 1 aromatic heterocycles. The molecule has 0 saturated carbocycles. The van der Waals surface area contributed by atoms with E-state index in [1.165, 1.54) is 32.0 Å². The molecular weight excluding hydrogens is 294 g/mol. The van der Waals surface area contributed by atoms with Crippen molar-refractivity contribution in [1.82, 2.24) is 0 Å². The minimum atomic E-state index is -0.558. The fourth-order valence-corrected chi connectivity index (χ4v) is 2.37. The number of anilines is 1. The third kappa shape index (κ3) is 3.79. The van der Waals surface area contributed by atoms with Crippen molar-refractivity contribution in [3.8, 4) is 0 Å². The first kappa shape index (κ1) is 15.0. The summed E-state index contributed by atoms with van der Waals surface area (Å²) in [6.07, 6.45) is -0.558. The minimum Gasteiger partial charge on any atom is -0.463 e. The molecule has 0 atom stereocenters. The average molecular weight is 307 g/mol. The normalized spacial score (nSPS) is 10.0. The second kappa shape index (κ2) is 6.85. The first-order valence-corrected chi connectivity index (χ1v) is 6.75. The lowest BCUT2D eigenvalue weighted by atomic mass is 10.3. The molecule has 0 radical (unpaired) electrons. The van der Waals surface area contributed by atoms with Crippen molar-refractivity contribution in [2.45, 2.75) is 9.99 Å². The summed E-state index contributed by atoms with van der Waals surface area (Å²) in [6, 6.07) is 10.4. The molecule has 1 N–H and O–H groups in total. The maximum Gasteiger partial charge on any atom is 0.411 e. The molecule has 0 aliphatic heterocycles. The molecule has 1 heterocycles. The Morgan fingerprint density at radius 3 is 2.57 bits per heavy atom. The van der Waals surface area contributed by atoms with Crippen LogP contribution >= 0.6 is 11.8 Å². The van der Waals surface area contributed by atoms with Crippen molar-refractivity contribution in [3.63, 3.8) is 0 Å². The molecule has 0 unspecified atom stereocenters. The molecule has 0 saturated heterocycles. The number of ether oxygens (including phenoxy) is 2. The Bertz CT molecular complexity index is 652. The predicted molar refractivity (Wildman–Crippen MR) is 76.6 cm³/mol. The van der Waals surface area contributed by atoms with Crippen molar-refractivity contribution in [1.29, 1.82) is 0 Å². The van der Waals surface area contributed by atoms with Gasteiger partial charge in [0.05, 0.1) is 19.9 Å². The Morgan fingerprint density at radius 2 is 1.86 bits per heavy atom. The summed E-state index contributed by atoms with van der Waals surface area (Å²) in [5, 5.41) is 3.11. The number of carbonyl (C=O) groups is 2. The molecule has 2 aromatic rings. The molecule has 0 aliphatic rings. The van der Waals surface area contributed by atoms with Crippen LogP contribution in [-0.2, 0) is 9.47 Å². The Kier molecular flexibility index (Phi) is 4.89. The van der Waals surface area contributed by atoms with E-state index >= 15 is 0 Å². The minimum absolute atomic E-state index is 0.124. The Morgan fingerprint density at radius 1 is 1.10 bits per heavy atom. The zero-order valence-electron chi connectivity index (χ0n) is 11.4. The summed E-state index contributed by atoms with van der Waals surface area (Å²) in [5.41, 5.74) is 0.588. The van der Waals surface area contributed by atoms with E-state index in [2.05, 4.69) is 14.8 Å². The number of para-hydroxylation sites is 1. The smallest absolute Gasteiger partial charge is 0.411 e. The molecule has 7 heteroatoms. The van der Waals surface area contributed by atoms with Crippen molar-refractivity contribution in [2.75, 3.05) is 19.5 Å². The molecular formula is C14H13NO5S. The van der Waals surface area contributed by atoms with Gasteiger partial charge in [-0.2, -0.15) is 0 Å². The SMILES string of the molecule is COC(=O)Nc1ccccc1Sc1ccc(C(=O)OC)o1. The summed E-state index contributed by atoms with van der Waals surface area (Å²) >= 11 is 1.27. The number of nitrogens with one attached hydrogen (secondary N) is 1. The first-order valence-electron chi connectivity index (χ1n) is 5.94. The van der Waals surface area contributed by atoms with Gasteiger partial charge in [0.1, 0.15) is 0 Å². The number of carbonyl (C=O) groups excluding carboxylic acids is 2. The van der Waals surface area contributed by atoms with Crippen LogP contribution in [0.5, 0.6) is 0 Å². The van der Waals surface area contributed by atoms with Gasteiger partial charge in [0.25, 0.3) is 0 Å². The van der Waals surface area contributed by atoms with Gasteiger partial charge in [-0.05, 0) is 36.0 Å². The van der Waals surface area contributed by atoms with Gasteiger partial charge in [-0.1, -0.05) is 12.1 Å². The van der Waals surface area contributed by atoms with Gasteiger partial charge in [-0.25, -0.2) is 9.59 Å². The van der Waals surface area contributed by atoms with Crippen LogP contribution in [0.1, 0.15) is 10.6 Å². The van der Waals surface area contributed by atoms with Crippen molar-refractivity contribution in [3.05, 3.63) is 42.2 Å². The monoisotopic (exact) mass is 307 g/mol. The number of furan rings is 1. The number of rotatable bonds is 4. The van der Waals surface area contributed by atoms with E-state index in [1.54, 1.807) is 18.2 Å². The predicted octanol–water partition coefficient (Wildman–Crippen LogP) is 3.40. The summed E-state index contributed by atoms with van der Waals surface area (Å²) in [5.74, 6) is -0.416. The maximum absolute atomic E-state index is 11.3. The molecule has 6 nitrogen and oxygen atoms in total. The van der Waals surface area contributed by atoms with Crippen molar-refractivity contribution in [2.24, 2.45) is 0 Å². The fourth-order valence-electron chi connectivity index (χ4n) is 1.51. The maximum atomic E-state index is 11.3. The van der Waals surface area contributed by atoms with Gasteiger partial charge in [-0.3, -0.25) is 5.32 Å². The number of benzene rings is 1. The summed E-state index contributed by atoms with van der Waals surface area (Å²) in [6.45, 7) is 0. The zero-order chi connectivity index (χ0) is 15.2. The van der Waals surface area contributed by atoms with Crippen molar-refractivity contribution >= 4 is 29.5 Å². The highest BCUT2D eigenvalue weighted by molar-refractivity contribution is 7.99. The Balaban J connectivity index is 2.17. The van der Waals surface area contributed by atoms with Gasteiger partial charge in [0, 0.05) is 4.90 Å². The topological polar surface area (TPSA) is 77.8 Å². The Labute approximate surface area is 125 Å². The molecule has 1 amide bonds. The lowest BCUT2D eigenvalue weighted by molar-refractivity contribution is 0.0559. The molecule has 0 fully saturated rings. The molecule has 0 aliphatic carbocycles. The lowest BCUT2D eigenvalue weighted by Crippen LogP contribution is -2.11. The number of esters is 1. The first-order chi connectivity index (χ1) is 10.1. The summed E-state index contributed by atoms with van der Waals surface area (Å²) < 4.78 is 14.5. The zero-order valence-corrected chi connectivity index (χ0v) is 12.2. The van der Waals surface area contributed by atoms with E-state index in [4.69, 9.17) is 4.42 Å². The fraction of sp³-hybridized carbons (Fsp3) is 0.143.